The van der Waals surface area contributed by atoms with Gasteiger partial charge in [-0.25, -0.2) is 5.10 Å². The minimum Gasteiger partial charge on any atom is -0.399 e. The van der Waals surface area contributed by atoms with Crippen molar-refractivity contribution in [1.82, 2.24) is 10.2 Å². The molecule has 1 aromatic heterocycles. The van der Waals surface area contributed by atoms with Gasteiger partial charge in [0.15, 0.2) is 0 Å². The largest absolute Gasteiger partial charge is 0.399 e. The lowest BCUT2D eigenvalue weighted by Gasteiger charge is -2.16. The maximum atomic E-state index is 12.3. The van der Waals surface area contributed by atoms with E-state index in [1.807, 2.05) is 12.1 Å². The Bertz CT molecular complexity index is 688. The van der Waals surface area contributed by atoms with Gasteiger partial charge >= 0.3 is 0 Å². The van der Waals surface area contributed by atoms with Crippen LogP contribution in [0.15, 0.2) is 35.1 Å². The molecule has 1 aromatic carbocycles. The van der Waals surface area contributed by atoms with Crippen molar-refractivity contribution in [1.29, 1.82) is 0 Å². The minimum absolute atomic E-state index is 0.217. The van der Waals surface area contributed by atoms with Crippen LogP contribution in [0.5, 0.6) is 0 Å². The molecule has 6 nitrogen and oxygen atoms in total. The standard InChI is InChI=1S/C13H12N4O2/c14-9-2-1-8-5-6-17(11(8)7-9)13(19)10-3-4-12(18)16-15-10/h1-4,7H,5-6,14H2,(H,16,18). The molecule has 2 aromatic rings. The summed E-state index contributed by atoms with van der Waals surface area (Å²) in [5, 5.41) is 6.02. The lowest BCUT2D eigenvalue weighted by atomic mass is 10.1. The molecule has 2 heterocycles. The fourth-order valence-electron chi connectivity index (χ4n) is 2.21. The molecular weight excluding hydrogens is 244 g/mol. The molecule has 1 aliphatic rings. The number of carbonyl (C=O) groups excluding carboxylic acids is 1. The third-order valence-electron chi connectivity index (χ3n) is 3.15. The number of nitrogens with one attached hydrogen (secondary N) is 1. The second kappa shape index (κ2) is 4.24. The predicted octanol–water partition coefficient (Wildman–Crippen LogP) is 0.555. The molecule has 0 fully saturated rings. The highest BCUT2D eigenvalue weighted by molar-refractivity contribution is 6.06. The third-order valence-corrected chi connectivity index (χ3v) is 3.15. The number of nitrogen functional groups attached to an aromatic ring is 1. The number of aromatic nitrogens is 2. The van der Waals surface area contributed by atoms with Crippen molar-refractivity contribution in [2.75, 3.05) is 17.2 Å². The van der Waals surface area contributed by atoms with Crippen molar-refractivity contribution in [2.45, 2.75) is 6.42 Å². The Morgan fingerprint density at radius 1 is 1.32 bits per heavy atom. The Morgan fingerprint density at radius 2 is 2.16 bits per heavy atom. The molecule has 1 aliphatic heterocycles. The first kappa shape index (κ1) is 11.5. The normalized spacial score (nSPS) is 13.4. The van der Waals surface area contributed by atoms with Crippen LogP contribution in [0.3, 0.4) is 0 Å². The highest BCUT2D eigenvalue weighted by Crippen LogP contribution is 2.30. The molecular formula is C13H12N4O2. The molecule has 19 heavy (non-hydrogen) atoms. The van der Waals surface area contributed by atoms with Gasteiger partial charge in [-0.3, -0.25) is 9.59 Å². The zero-order valence-corrected chi connectivity index (χ0v) is 10.1. The van der Waals surface area contributed by atoms with Crippen molar-refractivity contribution in [3.63, 3.8) is 0 Å². The van der Waals surface area contributed by atoms with Crippen molar-refractivity contribution in [3.05, 3.63) is 51.9 Å². The number of anilines is 2. The molecule has 3 N–H and O–H groups in total. The molecule has 0 bridgehead atoms. The first-order valence-electron chi connectivity index (χ1n) is 5.91. The Kier molecular flexibility index (Phi) is 2.56. The average Bonchev–Trinajstić information content (AvgIpc) is 2.81. The van der Waals surface area contributed by atoms with E-state index in [-0.39, 0.29) is 17.2 Å². The van der Waals surface area contributed by atoms with E-state index in [4.69, 9.17) is 5.73 Å². The number of nitrogens with two attached hydrogens (primary N) is 1. The SMILES string of the molecule is Nc1ccc2c(c1)N(C(=O)c1ccc(=O)[nH]n1)CC2. The van der Waals surface area contributed by atoms with E-state index < -0.39 is 0 Å². The van der Waals surface area contributed by atoms with Crippen LogP contribution >= 0.6 is 0 Å². The second-order valence-corrected chi connectivity index (χ2v) is 4.40. The summed E-state index contributed by atoms with van der Waals surface area (Å²) in [6.45, 7) is 0.596. The average molecular weight is 256 g/mol. The number of rotatable bonds is 1. The molecule has 1 amide bonds. The highest BCUT2D eigenvalue weighted by Gasteiger charge is 2.26. The monoisotopic (exact) mass is 256 g/mol. The van der Waals surface area contributed by atoms with Crippen LogP contribution in [-0.4, -0.2) is 22.6 Å². The quantitative estimate of drug-likeness (QED) is 0.729. The Hall–Kier alpha value is -2.63. The molecule has 0 saturated carbocycles. The van der Waals surface area contributed by atoms with E-state index in [2.05, 4.69) is 10.2 Å². The van der Waals surface area contributed by atoms with E-state index in [1.165, 1.54) is 12.1 Å². The number of H-pyrrole nitrogens is 1. The number of carbonyl (C=O) groups is 1. The number of hydrogen-bond donors (Lipinski definition) is 2. The van der Waals surface area contributed by atoms with Gasteiger partial charge in [-0.2, -0.15) is 5.10 Å². The van der Waals surface area contributed by atoms with Crippen molar-refractivity contribution in [2.24, 2.45) is 0 Å². The summed E-state index contributed by atoms with van der Waals surface area (Å²) in [5.74, 6) is -0.236. The van der Waals surface area contributed by atoms with Gasteiger partial charge in [0.2, 0.25) is 0 Å². The zero-order chi connectivity index (χ0) is 13.4. The van der Waals surface area contributed by atoms with E-state index in [9.17, 15) is 9.59 Å². The maximum Gasteiger partial charge on any atom is 0.278 e. The summed E-state index contributed by atoms with van der Waals surface area (Å²) < 4.78 is 0. The van der Waals surface area contributed by atoms with Gasteiger partial charge in [0, 0.05) is 24.0 Å². The third kappa shape index (κ3) is 1.97. The molecule has 0 spiro atoms. The van der Waals surface area contributed by atoms with Crippen LogP contribution in [-0.2, 0) is 6.42 Å². The van der Waals surface area contributed by atoms with Crippen LogP contribution in [0.1, 0.15) is 16.1 Å². The van der Waals surface area contributed by atoms with E-state index >= 15 is 0 Å². The fourth-order valence-corrected chi connectivity index (χ4v) is 2.21. The molecule has 0 atom stereocenters. The summed E-state index contributed by atoms with van der Waals surface area (Å²) in [5.41, 5.74) is 8.16. The van der Waals surface area contributed by atoms with Gasteiger partial charge in [-0.15, -0.1) is 0 Å². The molecule has 0 aliphatic carbocycles. The van der Waals surface area contributed by atoms with E-state index in [1.54, 1.807) is 11.0 Å². The molecule has 0 unspecified atom stereocenters. The van der Waals surface area contributed by atoms with Crippen molar-refractivity contribution in [3.8, 4) is 0 Å². The van der Waals surface area contributed by atoms with Gasteiger partial charge in [0.1, 0.15) is 5.69 Å². The molecule has 0 radical (unpaired) electrons. The summed E-state index contributed by atoms with van der Waals surface area (Å²) in [6.07, 6.45) is 0.796. The Labute approximate surface area is 108 Å². The Morgan fingerprint density at radius 3 is 2.89 bits per heavy atom. The predicted molar refractivity (Wildman–Crippen MR) is 71.1 cm³/mol. The molecule has 96 valence electrons. The molecule has 6 heteroatoms. The second-order valence-electron chi connectivity index (χ2n) is 4.40. The highest BCUT2D eigenvalue weighted by atomic mass is 16.2. The lowest BCUT2D eigenvalue weighted by molar-refractivity contribution is 0.0983. The number of aromatic amines is 1. The van der Waals surface area contributed by atoms with Crippen LogP contribution in [0.4, 0.5) is 11.4 Å². The topological polar surface area (TPSA) is 92.1 Å². The Balaban J connectivity index is 1.97. The van der Waals surface area contributed by atoms with Crippen LogP contribution in [0, 0.1) is 0 Å². The van der Waals surface area contributed by atoms with Crippen LogP contribution in [0.2, 0.25) is 0 Å². The molecule has 0 saturated heterocycles. The number of amides is 1. The zero-order valence-electron chi connectivity index (χ0n) is 10.1. The maximum absolute atomic E-state index is 12.3. The first-order chi connectivity index (χ1) is 9.15. The van der Waals surface area contributed by atoms with Crippen LogP contribution in [0.25, 0.3) is 0 Å². The van der Waals surface area contributed by atoms with E-state index in [0.29, 0.717) is 12.2 Å². The van der Waals surface area contributed by atoms with Gasteiger partial charge in [-0.05, 0) is 30.2 Å². The first-order valence-corrected chi connectivity index (χ1v) is 5.91. The fraction of sp³-hybridized carbons (Fsp3) is 0.154. The molecule has 3 rings (SSSR count). The van der Waals surface area contributed by atoms with Crippen molar-refractivity contribution < 1.29 is 4.79 Å². The van der Waals surface area contributed by atoms with Gasteiger partial charge < -0.3 is 10.6 Å². The summed E-state index contributed by atoms with van der Waals surface area (Å²) >= 11 is 0. The summed E-state index contributed by atoms with van der Waals surface area (Å²) in [7, 11) is 0. The number of nitrogens with zero attached hydrogens (tertiary/aromatic N) is 2. The smallest absolute Gasteiger partial charge is 0.278 e. The number of hydrogen-bond acceptors (Lipinski definition) is 4. The van der Waals surface area contributed by atoms with Gasteiger partial charge in [0.25, 0.3) is 11.5 Å². The number of fused-ring (bicyclic) bond motifs is 1. The number of benzene rings is 1. The summed E-state index contributed by atoms with van der Waals surface area (Å²) in [4.78, 5) is 24.9. The van der Waals surface area contributed by atoms with Crippen molar-refractivity contribution >= 4 is 17.3 Å². The lowest BCUT2D eigenvalue weighted by Crippen LogP contribution is -2.30. The van der Waals surface area contributed by atoms with Crippen LogP contribution < -0.4 is 16.2 Å². The van der Waals surface area contributed by atoms with E-state index in [0.717, 1.165) is 17.7 Å². The minimum atomic E-state index is -0.331. The summed E-state index contributed by atoms with van der Waals surface area (Å²) in [6, 6.07) is 8.25. The van der Waals surface area contributed by atoms with Gasteiger partial charge in [0.05, 0.1) is 0 Å². The van der Waals surface area contributed by atoms with Gasteiger partial charge in [-0.1, -0.05) is 6.07 Å².